The summed E-state index contributed by atoms with van der Waals surface area (Å²) >= 11 is 0. The van der Waals surface area contributed by atoms with Crippen LogP contribution < -0.4 is 10.6 Å². The van der Waals surface area contributed by atoms with Gasteiger partial charge in [-0.25, -0.2) is 13.9 Å². The second-order valence-electron chi connectivity index (χ2n) is 8.66. The first kappa shape index (κ1) is 24.2. The first-order valence-corrected chi connectivity index (χ1v) is 11.4. The van der Waals surface area contributed by atoms with Gasteiger partial charge in [-0.1, -0.05) is 37.3 Å². The Balaban J connectivity index is 1.76. The van der Waals surface area contributed by atoms with Crippen molar-refractivity contribution in [2.45, 2.75) is 46.2 Å². The van der Waals surface area contributed by atoms with Crippen molar-refractivity contribution in [3.8, 4) is 11.4 Å². The maximum atomic E-state index is 13.4. The van der Waals surface area contributed by atoms with E-state index in [0.717, 1.165) is 24.1 Å². The number of aromatic nitrogens is 3. The van der Waals surface area contributed by atoms with Crippen LogP contribution in [0.25, 0.3) is 11.4 Å². The maximum absolute atomic E-state index is 13.4. The molecule has 0 spiro atoms. The molecule has 0 bridgehead atoms. The van der Waals surface area contributed by atoms with Gasteiger partial charge in [0, 0.05) is 25.2 Å². The van der Waals surface area contributed by atoms with Gasteiger partial charge in [0.2, 0.25) is 5.95 Å². The van der Waals surface area contributed by atoms with Gasteiger partial charge in [0.25, 0.3) is 0 Å². The molecule has 7 nitrogen and oxygen atoms in total. The van der Waals surface area contributed by atoms with Crippen molar-refractivity contribution >= 4 is 12.0 Å². The van der Waals surface area contributed by atoms with Crippen LogP contribution >= 0.6 is 0 Å². The number of nitrogens with one attached hydrogen (secondary N) is 2. The quantitative estimate of drug-likeness (QED) is 0.465. The van der Waals surface area contributed by atoms with E-state index in [-0.39, 0.29) is 11.8 Å². The van der Waals surface area contributed by atoms with Crippen LogP contribution in [0.4, 0.5) is 15.1 Å². The largest absolute Gasteiger partial charge is 0.351 e. The molecule has 0 aliphatic carbocycles. The van der Waals surface area contributed by atoms with Crippen molar-refractivity contribution in [2.75, 3.05) is 25.0 Å². The molecule has 2 aromatic carbocycles. The zero-order chi connectivity index (χ0) is 23.8. The Labute approximate surface area is 195 Å². The highest BCUT2D eigenvalue weighted by atomic mass is 19.1. The van der Waals surface area contributed by atoms with Crippen molar-refractivity contribution in [3.05, 3.63) is 66.0 Å². The predicted octanol–water partition coefficient (Wildman–Crippen LogP) is 4.76. The molecule has 0 saturated carbocycles. The lowest BCUT2D eigenvalue weighted by Crippen LogP contribution is -2.53. The molecule has 1 aromatic heterocycles. The molecule has 33 heavy (non-hydrogen) atoms. The van der Waals surface area contributed by atoms with Crippen molar-refractivity contribution in [3.63, 3.8) is 0 Å². The number of urea groups is 1. The monoisotopic (exact) mass is 452 g/mol. The number of rotatable bonds is 10. The number of nitrogens with zero attached hydrogens (tertiary/aromatic N) is 4. The summed E-state index contributed by atoms with van der Waals surface area (Å²) in [6, 6.07) is 16.1. The topological polar surface area (TPSA) is 75.1 Å². The Morgan fingerprint density at radius 3 is 2.42 bits per heavy atom. The van der Waals surface area contributed by atoms with Gasteiger partial charge in [-0.15, -0.1) is 5.10 Å². The predicted molar refractivity (Wildman–Crippen MR) is 130 cm³/mol. The summed E-state index contributed by atoms with van der Waals surface area (Å²) in [5, 5.41) is 11.0. The van der Waals surface area contributed by atoms with E-state index >= 15 is 0 Å². The van der Waals surface area contributed by atoms with Crippen LogP contribution in [0.1, 0.15) is 39.7 Å². The number of hydrogen-bond donors (Lipinski definition) is 2. The SMILES string of the molecule is CCCN(CC)C(=O)NC(C)(C)CNc1nc(-c2ccc(F)cc2)n(Cc2ccccc2)n1. The van der Waals surface area contributed by atoms with Crippen molar-refractivity contribution in [1.82, 2.24) is 25.0 Å². The second-order valence-corrected chi connectivity index (χ2v) is 8.66. The van der Waals surface area contributed by atoms with Crippen LogP contribution in [0, 0.1) is 5.82 Å². The number of carbonyl (C=O) groups excluding carboxylic acids is 1. The van der Waals surface area contributed by atoms with E-state index in [1.54, 1.807) is 21.7 Å². The summed E-state index contributed by atoms with van der Waals surface area (Å²) in [5.41, 5.74) is 1.35. The van der Waals surface area contributed by atoms with Gasteiger partial charge in [-0.2, -0.15) is 4.98 Å². The Hall–Kier alpha value is -3.42. The molecule has 2 N–H and O–H groups in total. The summed E-state index contributed by atoms with van der Waals surface area (Å²) in [5.74, 6) is 0.796. The molecule has 2 amide bonds. The zero-order valence-electron chi connectivity index (χ0n) is 19.8. The zero-order valence-corrected chi connectivity index (χ0v) is 19.8. The molecule has 0 atom stereocenters. The third-order valence-corrected chi connectivity index (χ3v) is 5.25. The number of anilines is 1. The standard InChI is InChI=1S/C25H33FN6O/c1-5-16-31(6-2)24(33)29-25(3,4)18-27-23-28-22(20-12-14-21(26)15-13-20)32(30-23)17-19-10-8-7-9-11-19/h7-15H,5-6,16-18H2,1-4H3,(H,27,30)(H,29,33). The maximum Gasteiger partial charge on any atom is 0.317 e. The first-order valence-electron chi connectivity index (χ1n) is 11.4. The Morgan fingerprint density at radius 2 is 1.79 bits per heavy atom. The first-order chi connectivity index (χ1) is 15.8. The molecule has 176 valence electrons. The lowest BCUT2D eigenvalue weighted by molar-refractivity contribution is 0.190. The molecule has 0 radical (unpaired) electrons. The van der Waals surface area contributed by atoms with Gasteiger partial charge in [0.05, 0.1) is 12.1 Å². The summed E-state index contributed by atoms with van der Waals surface area (Å²) < 4.78 is 15.3. The Kier molecular flexibility index (Phi) is 8.03. The molecule has 0 saturated heterocycles. The van der Waals surface area contributed by atoms with E-state index in [1.807, 2.05) is 51.1 Å². The molecule has 3 rings (SSSR count). The average molecular weight is 453 g/mol. The molecule has 8 heteroatoms. The van der Waals surface area contributed by atoms with E-state index in [1.165, 1.54) is 12.1 Å². The second kappa shape index (κ2) is 10.9. The minimum absolute atomic E-state index is 0.0827. The van der Waals surface area contributed by atoms with Crippen molar-refractivity contribution in [1.29, 1.82) is 0 Å². The highest BCUT2D eigenvalue weighted by Crippen LogP contribution is 2.21. The summed E-state index contributed by atoms with van der Waals surface area (Å²) in [6.07, 6.45) is 0.912. The van der Waals surface area contributed by atoms with Crippen molar-refractivity contribution in [2.24, 2.45) is 0 Å². The smallest absolute Gasteiger partial charge is 0.317 e. The van der Waals surface area contributed by atoms with E-state index < -0.39 is 5.54 Å². The van der Waals surface area contributed by atoms with E-state index in [2.05, 4.69) is 27.6 Å². The fourth-order valence-corrected chi connectivity index (χ4v) is 3.48. The number of halogens is 1. The van der Waals surface area contributed by atoms with Gasteiger partial charge < -0.3 is 15.5 Å². The third kappa shape index (κ3) is 6.78. The summed E-state index contributed by atoms with van der Waals surface area (Å²) in [7, 11) is 0. The molecule has 1 heterocycles. The van der Waals surface area contributed by atoms with E-state index in [0.29, 0.717) is 31.4 Å². The molecule has 0 unspecified atom stereocenters. The third-order valence-electron chi connectivity index (χ3n) is 5.25. The number of benzene rings is 2. The Bertz CT molecular complexity index is 1030. The fourth-order valence-electron chi connectivity index (χ4n) is 3.48. The number of amides is 2. The molecule has 0 fully saturated rings. The molecular formula is C25H33FN6O. The number of hydrogen-bond acceptors (Lipinski definition) is 4. The lowest BCUT2D eigenvalue weighted by Gasteiger charge is -2.30. The van der Waals surface area contributed by atoms with Gasteiger partial charge in [0.1, 0.15) is 5.82 Å². The highest BCUT2D eigenvalue weighted by molar-refractivity contribution is 5.75. The molecular weight excluding hydrogens is 419 g/mol. The van der Waals surface area contributed by atoms with E-state index in [9.17, 15) is 9.18 Å². The van der Waals surface area contributed by atoms with Crippen LogP contribution in [0.5, 0.6) is 0 Å². The summed E-state index contributed by atoms with van der Waals surface area (Å²) in [6.45, 7) is 10.3. The van der Waals surface area contributed by atoms with Gasteiger partial charge >= 0.3 is 6.03 Å². The summed E-state index contributed by atoms with van der Waals surface area (Å²) in [4.78, 5) is 19.0. The van der Waals surface area contributed by atoms with Crippen LogP contribution in [0.15, 0.2) is 54.6 Å². The Morgan fingerprint density at radius 1 is 1.09 bits per heavy atom. The van der Waals surface area contributed by atoms with Crippen LogP contribution in [-0.4, -0.2) is 50.9 Å². The van der Waals surface area contributed by atoms with Gasteiger partial charge in [-0.05, 0) is 57.0 Å². The molecule has 0 aliphatic rings. The normalized spacial score (nSPS) is 11.3. The van der Waals surface area contributed by atoms with Crippen molar-refractivity contribution < 1.29 is 9.18 Å². The lowest BCUT2D eigenvalue weighted by atomic mass is 10.1. The van der Waals surface area contributed by atoms with E-state index in [4.69, 9.17) is 0 Å². The highest BCUT2D eigenvalue weighted by Gasteiger charge is 2.24. The van der Waals surface area contributed by atoms with Crippen LogP contribution in [-0.2, 0) is 6.54 Å². The minimum Gasteiger partial charge on any atom is -0.351 e. The van der Waals surface area contributed by atoms with Crippen LogP contribution in [0.2, 0.25) is 0 Å². The average Bonchev–Trinajstić information content (AvgIpc) is 3.19. The van der Waals surface area contributed by atoms with Crippen LogP contribution in [0.3, 0.4) is 0 Å². The molecule has 0 aliphatic heterocycles. The van der Waals surface area contributed by atoms with Gasteiger partial charge in [0.15, 0.2) is 5.82 Å². The van der Waals surface area contributed by atoms with Gasteiger partial charge in [-0.3, -0.25) is 0 Å². The molecule has 3 aromatic rings. The minimum atomic E-state index is -0.515. The fraction of sp³-hybridized carbons (Fsp3) is 0.400. The number of carbonyl (C=O) groups is 1.